The Morgan fingerprint density at radius 3 is 3.18 bits per heavy atom. The lowest BCUT2D eigenvalue weighted by Gasteiger charge is -2.20. The van der Waals surface area contributed by atoms with Crippen LogP contribution in [0.15, 0.2) is 30.5 Å². The maximum absolute atomic E-state index is 12.6. The molecule has 4 rings (SSSR count). The molecule has 2 aliphatic rings. The van der Waals surface area contributed by atoms with Gasteiger partial charge in [-0.05, 0) is 11.1 Å². The Morgan fingerprint density at radius 2 is 2.27 bits per heavy atom. The van der Waals surface area contributed by atoms with Gasteiger partial charge in [0.05, 0.1) is 24.9 Å². The fourth-order valence-electron chi connectivity index (χ4n) is 3.24. The fourth-order valence-corrected chi connectivity index (χ4v) is 3.24. The van der Waals surface area contributed by atoms with E-state index in [4.69, 9.17) is 4.74 Å². The summed E-state index contributed by atoms with van der Waals surface area (Å²) in [6, 6.07) is 7.45. The molecule has 2 aromatic rings. The van der Waals surface area contributed by atoms with Gasteiger partial charge in [0.1, 0.15) is 18.1 Å². The van der Waals surface area contributed by atoms with Gasteiger partial charge in [-0.15, -0.1) is 0 Å². The number of imidazole rings is 1. The number of nitrogens with one attached hydrogen (secondary N) is 1. The van der Waals surface area contributed by atoms with Gasteiger partial charge in [-0.2, -0.15) is 0 Å². The molecule has 1 aromatic carbocycles. The molecule has 0 radical (unpaired) electrons. The summed E-state index contributed by atoms with van der Waals surface area (Å²) in [5.41, 5.74) is 2.60. The van der Waals surface area contributed by atoms with E-state index in [1.165, 1.54) is 0 Å². The summed E-state index contributed by atoms with van der Waals surface area (Å²) >= 11 is 0. The van der Waals surface area contributed by atoms with Crippen molar-refractivity contribution in [3.63, 3.8) is 0 Å². The van der Waals surface area contributed by atoms with Crippen LogP contribution in [-0.2, 0) is 24.3 Å². The van der Waals surface area contributed by atoms with Crippen molar-refractivity contribution >= 4 is 5.91 Å². The number of carbonyl (C=O) groups is 1. The topological polar surface area (TPSA) is 76.4 Å². The van der Waals surface area contributed by atoms with Crippen LogP contribution in [0.4, 0.5) is 0 Å². The van der Waals surface area contributed by atoms with Gasteiger partial charge < -0.3 is 19.7 Å². The summed E-state index contributed by atoms with van der Waals surface area (Å²) in [5, 5.41) is 13.2. The van der Waals surface area contributed by atoms with Crippen LogP contribution in [0.1, 0.15) is 33.5 Å². The highest BCUT2D eigenvalue weighted by Gasteiger charge is 2.33. The number of aromatic nitrogens is 2. The molecule has 0 saturated heterocycles. The zero-order valence-corrected chi connectivity index (χ0v) is 12.0. The van der Waals surface area contributed by atoms with E-state index in [1.807, 2.05) is 28.8 Å². The molecule has 0 unspecified atom stereocenters. The zero-order valence-electron chi connectivity index (χ0n) is 12.0. The third-order valence-corrected chi connectivity index (χ3v) is 4.35. The minimum Gasteiger partial charge on any atom is -0.390 e. The number of hydrogen-bond acceptors (Lipinski definition) is 4. The van der Waals surface area contributed by atoms with Gasteiger partial charge in [-0.25, -0.2) is 4.98 Å². The summed E-state index contributed by atoms with van der Waals surface area (Å²) in [6.07, 6.45) is 1.56. The van der Waals surface area contributed by atoms with Gasteiger partial charge in [0.15, 0.2) is 0 Å². The molecule has 1 aliphatic carbocycles. The van der Waals surface area contributed by atoms with E-state index in [-0.39, 0.29) is 11.9 Å². The predicted octanol–water partition coefficient (Wildman–Crippen LogP) is 0.801. The molecule has 1 aromatic heterocycles. The molecule has 22 heavy (non-hydrogen) atoms. The van der Waals surface area contributed by atoms with Gasteiger partial charge in [0, 0.05) is 13.0 Å². The first kappa shape index (κ1) is 13.5. The predicted molar refractivity (Wildman–Crippen MR) is 78.2 cm³/mol. The number of ether oxygens (including phenoxy) is 1. The van der Waals surface area contributed by atoms with Crippen molar-refractivity contribution in [2.45, 2.75) is 31.7 Å². The summed E-state index contributed by atoms with van der Waals surface area (Å²) in [6.45, 7) is 1.64. The quantitative estimate of drug-likeness (QED) is 0.860. The molecule has 114 valence electrons. The summed E-state index contributed by atoms with van der Waals surface area (Å²) in [7, 11) is 0. The lowest BCUT2D eigenvalue weighted by Crippen LogP contribution is -2.35. The highest BCUT2D eigenvalue weighted by Crippen LogP contribution is 2.31. The van der Waals surface area contributed by atoms with E-state index in [1.54, 1.807) is 6.20 Å². The Morgan fingerprint density at radius 1 is 1.41 bits per heavy atom. The first-order valence-electron chi connectivity index (χ1n) is 7.43. The second-order valence-corrected chi connectivity index (χ2v) is 5.69. The lowest BCUT2D eigenvalue weighted by atomic mass is 10.1. The van der Waals surface area contributed by atoms with Gasteiger partial charge in [-0.3, -0.25) is 4.79 Å². The van der Waals surface area contributed by atoms with Gasteiger partial charge in [-0.1, -0.05) is 24.3 Å². The number of amides is 1. The van der Waals surface area contributed by atoms with Crippen molar-refractivity contribution in [1.82, 2.24) is 14.9 Å². The number of carbonyl (C=O) groups excluding carboxylic acids is 1. The lowest BCUT2D eigenvalue weighted by molar-refractivity contribution is 0.0753. The molecule has 6 nitrogen and oxygen atoms in total. The third kappa shape index (κ3) is 2.12. The number of fused-ring (bicyclic) bond motifs is 2. The molecule has 1 amide bonds. The Balaban J connectivity index is 1.59. The van der Waals surface area contributed by atoms with Crippen molar-refractivity contribution < 1.29 is 14.6 Å². The van der Waals surface area contributed by atoms with E-state index >= 15 is 0 Å². The smallest absolute Gasteiger partial charge is 0.270 e. The van der Waals surface area contributed by atoms with E-state index < -0.39 is 6.10 Å². The maximum atomic E-state index is 12.6. The van der Waals surface area contributed by atoms with Crippen molar-refractivity contribution in [2.75, 3.05) is 6.61 Å². The normalized spacial score (nSPS) is 23.0. The Kier molecular flexibility index (Phi) is 3.20. The monoisotopic (exact) mass is 299 g/mol. The molecule has 0 saturated carbocycles. The number of rotatable bonds is 2. The standard InChI is InChI=1S/C16H17N3O3/c20-13-7-10-3-1-2-4-11(10)15(13)18-16(21)12-8-17-14-9-22-6-5-19(12)14/h1-4,8,13,15,20H,5-7,9H2,(H,18,21)/t13-,15+/m1/s1. The molecular weight excluding hydrogens is 282 g/mol. The minimum atomic E-state index is -0.589. The second-order valence-electron chi connectivity index (χ2n) is 5.69. The molecule has 2 heterocycles. The number of aliphatic hydroxyl groups is 1. The molecule has 0 bridgehead atoms. The second kappa shape index (κ2) is 5.23. The molecule has 1 aliphatic heterocycles. The highest BCUT2D eigenvalue weighted by molar-refractivity contribution is 5.93. The molecular formula is C16H17N3O3. The molecule has 0 fully saturated rings. The summed E-state index contributed by atoms with van der Waals surface area (Å²) in [4.78, 5) is 16.8. The number of benzene rings is 1. The molecule has 2 N–H and O–H groups in total. The van der Waals surface area contributed by atoms with Crippen LogP contribution in [0, 0.1) is 0 Å². The van der Waals surface area contributed by atoms with Gasteiger partial charge >= 0.3 is 0 Å². The zero-order chi connectivity index (χ0) is 15.1. The van der Waals surface area contributed by atoms with E-state index in [2.05, 4.69) is 10.3 Å². The van der Waals surface area contributed by atoms with Gasteiger partial charge in [0.2, 0.25) is 0 Å². The first-order valence-corrected chi connectivity index (χ1v) is 7.43. The summed E-state index contributed by atoms with van der Waals surface area (Å²) in [5.74, 6) is 0.560. The number of aliphatic hydroxyl groups excluding tert-OH is 1. The van der Waals surface area contributed by atoms with Crippen LogP contribution in [0.2, 0.25) is 0 Å². The fraction of sp³-hybridized carbons (Fsp3) is 0.375. The van der Waals surface area contributed by atoms with Crippen LogP contribution in [0.25, 0.3) is 0 Å². The van der Waals surface area contributed by atoms with Gasteiger partial charge in [0.25, 0.3) is 5.91 Å². The van der Waals surface area contributed by atoms with E-state index in [0.29, 0.717) is 31.9 Å². The Labute approximate surface area is 127 Å². The van der Waals surface area contributed by atoms with E-state index in [0.717, 1.165) is 17.0 Å². The van der Waals surface area contributed by atoms with Crippen molar-refractivity contribution in [2.24, 2.45) is 0 Å². The number of hydrogen-bond donors (Lipinski definition) is 2. The minimum absolute atomic E-state index is 0.207. The van der Waals surface area contributed by atoms with Crippen LogP contribution >= 0.6 is 0 Å². The average molecular weight is 299 g/mol. The molecule has 6 heteroatoms. The largest absolute Gasteiger partial charge is 0.390 e. The average Bonchev–Trinajstić information content (AvgIpc) is 3.09. The van der Waals surface area contributed by atoms with Crippen molar-refractivity contribution in [3.8, 4) is 0 Å². The van der Waals surface area contributed by atoms with Crippen LogP contribution in [0.3, 0.4) is 0 Å². The van der Waals surface area contributed by atoms with Crippen LogP contribution < -0.4 is 5.32 Å². The Hall–Kier alpha value is -2.18. The maximum Gasteiger partial charge on any atom is 0.270 e. The number of nitrogens with zero attached hydrogens (tertiary/aromatic N) is 2. The summed E-state index contributed by atoms with van der Waals surface area (Å²) < 4.78 is 7.21. The van der Waals surface area contributed by atoms with Crippen LogP contribution in [0.5, 0.6) is 0 Å². The SMILES string of the molecule is O=C(N[C@H]1c2ccccc2C[C@H]1O)c1cnc2n1CCOC2. The molecule has 2 atom stereocenters. The highest BCUT2D eigenvalue weighted by atomic mass is 16.5. The molecule has 0 spiro atoms. The van der Waals surface area contributed by atoms with Crippen molar-refractivity contribution in [3.05, 3.63) is 53.1 Å². The van der Waals surface area contributed by atoms with Crippen LogP contribution in [-0.4, -0.2) is 33.3 Å². The Bertz CT molecular complexity index is 725. The van der Waals surface area contributed by atoms with Crippen molar-refractivity contribution in [1.29, 1.82) is 0 Å². The van der Waals surface area contributed by atoms with E-state index in [9.17, 15) is 9.90 Å². The first-order chi connectivity index (χ1) is 10.7. The third-order valence-electron chi connectivity index (χ3n) is 4.35.